The van der Waals surface area contributed by atoms with Gasteiger partial charge in [0, 0.05) is 11.6 Å². The quantitative estimate of drug-likeness (QED) is 0.313. The van der Waals surface area contributed by atoms with Crippen LogP contribution in [-0.2, 0) is 9.53 Å². The fraction of sp³-hybridized carbons (Fsp3) is 0.385. The SMILES string of the molecule is CCOc1c(-c2noc3ccc(C(C)=CC(=O)OC)cc23)cc(C(C)C)cc1C(C)C. The van der Waals surface area contributed by atoms with Gasteiger partial charge in [-0.25, -0.2) is 4.79 Å². The zero-order valence-corrected chi connectivity index (χ0v) is 19.4. The second kappa shape index (κ2) is 9.38. The molecule has 3 aromatic rings. The van der Waals surface area contributed by atoms with Gasteiger partial charge in [-0.2, -0.15) is 0 Å². The lowest BCUT2D eigenvalue weighted by atomic mass is 9.90. The number of rotatable bonds is 7. The number of allylic oxidation sites excluding steroid dienone is 1. The van der Waals surface area contributed by atoms with Crippen molar-refractivity contribution in [3.05, 3.63) is 53.1 Å². The predicted molar refractivity (Wildman–Crippen MR) is 124 cm³/mol. The first-order chi connectivity index (χ1) is 14.8. The number of fused-ring (bicyclic) bond motifs is 1. The van der Waals surface area contributed by atoms with E-state index >= 15 is 0 Å². The van der Waals surface area contributed by atoms with Gasteiger partial charge in [-0.05, 0) is 66.1 Å². The molecule has 0 fully saturated rings. The van der Waals surface area contributed by atoms with Crippen LogP contribution >= 0.6 is 0 Å². The molecule has 5 nitrogen and oxygen atoms in total. The van der Waals surface area contributed by atoms with E-state index in [2.05, 4.69) is 45.0 Å². The molecule has 0 saturated heterocycles. The van der Waals surface area contributed by atoms with Crippen LogP contribution < -0.4 is 4.74 Å². The molecule has 0 aliphatic carbocycles. The summed E-state index contributed by atoms with van der Waals surface area (Å²) < 4.78 is 16.5. The summed E-state index contributed by atoms with van der Waals surface area (Å²) in [6.45, 7) is 13.2. The van der Waals surface area contributed by atoms with Crippen LogP contribution in [0.3, 0.4) is 0 Å². The van der Waals surface area contributed by atoms with Gasteiger partial charge >= 0.3 is 5.97 Å². The van der Waals surface area contributed by atoms with Gasteiger partial charge in [-0.15, -0.1) is 0 Å². The van der Waals surface area contributed by atoms with Gasteiger partial charge in [0.15, 0.2) is 5.58 Å². The molecule has 31 heavy (non-hydrogen) atoms. The molecule has 0 aliphatic rings. The van der Waals surface area contributed by atoms with Crippen molar-refractivity contribution in [2.75, 3.05) is 13.7 Å². The summed E-state index contributed by atoms with van der Waals surface area (Å²) in [5.74, 6) is 1.14. The minimum absolute atomic E-state index is 0.304. The van der Waals surface area contributed by atoms with Gasteiger partial charge in [-0.3, -0.25) is 0 Å². The lowest BCUT2D eigenvalue weighted by molar-refractivity contribution is -0.134. The van der Waals surface area contributed by atoms with Crippen molar-refractivity contribution >= 4 is 22.5 Å². The molecule has 3 rings (SSSR count). The van der Waals surface area contributed by atoms with Crippen LogP contribution in [0, 0.1) is 0 Å². The molecule has 1 heterocycles. The van der Waals surface area contributed by atoms with Crippen molar-refractivity contribution in [1.82, 2.24) is 5.16 Å². The zero-order chi connectivity index (χ0) is 22.7. The number of methoxy groups -OCH3 is 1. The highest BCUT2D eigenvalue weighted by atomic mass is 16.5. The van der Waals surface area contributed by atoms with Gasteiger partial charge in [0.1, 0.15) is 11.4 Å². The minimum Gasteiger partial charge on any atom is -0.493 e. The maximum atomic E-state index is 11.7. The third-order valence-electron chi connectivity index (χ3n) is 5.43. The molecule has 0 aliphatic heterocycles. The number of nitrogens with zero attached hydrogens (tertiary/aromatic N) is 1. The molecule has 164 valence electrons. The number of hydrogen-bond acceptors (Lipinski definition) is 5. The number of ether oxygens (including phenoxy) is 2. The molecule has 1 aromatic heterocycles. The zero-order valence-electron chi connectivity index (χ0n) is 19.4. The summed E-state index contributed by atoms with van der Waals surface area (Å²) in [6, 6.07) is 10.2. The summed E-state index contributed by atoms with van der Waals surface area (Å²) in [5, 5.41) is 5.30. The molecule has 0 radical (unpaired) electrons. The van der Waals surface area contributed by atoms with Crippen LogP contribution in [0.15, 0.2) is 40.9 Å². The predicted octanol–water partition coefficient (Wildman–Crippen LogP) is 6.72. The van der Waals surface area contributed by atoms with Crippen molar-refractivity contribution in [2.45, 2.75) is 53.4 Å². The highest BCUT2D eigenvalue weighted by molar-refractivity contribution is 5.97. The molecular weight excluding hydrogens is 390 g/mol. The first-order valence-electron chi connectivity index (χ1n) is 10.7. The van der Waals surface area contributed by atoms with Gasteiger partial charge in [0.05, 0.1) is 19.1 Å². The van der Waals surface area contributed by atoms with E-state index in [0.29, 0.717) is 24.0 Å². The Kier molecular flexibility index (Phi) is 6.84. The molecular formula is C26H31NO4. The molecule has 5 heteroatoms. The van der Waals surface area contributed by atoms with Crippen LogP contribution in [0.25, 0.3) is 27.8 Å². The Morgan fingerprint density at radius 1 is 1.13 bits per heavy atom. The average molecular weight is 422 g/mol. The number of carbonyl (C=O) groups is 1. The van der Waals surface area contributed by atoms with E-state index in [1.165, 1.54) is 18.7 Å². The standard InChI is InChI=1S/C26H31NO4/c1-8-30-26-20(16(4)5)13-19(15(2)3)14-22(26)25-21-12-18(9-10-23(21)31-27-25)17(6)11-24(28)29-7/h9-16H,8H2,1-7H3. The molecule has 0 spiro atoms. The van der Waals surface area contributed by atoms with E-state index in [4.69, 9.17) is 14.0 Å². The van der Waals surface area contributed by atoms with E-state index in [1.54, 1.807) is 0 Å². The third-order valence-corrected chi connectivity index (χ3v) is 5.43. The van der Waals surface area contributed by atoms with E-state index in [0.717, 1.165) is 39.1 Å². The Balaban J connectivity index is 2.26. The van der Waals surface area contributed by atoms with Crippen LogP contribution in [0.1, 0.15) is 70.1 Å². The summed E-state index contributed by atoms with van der Waals surface area (Å²) in [5.41, 5.74) is 6.48. The summed E-state index contributed by atoms with van der Waals surface area (Å²) >= 11 is 0. The first kappa shape index (κ1) is 22.6. The van der Waals surface area contributed by atoms with E-state index in [1.807, 2.05) is 32.0 Å². The van der Waals surface area contributed by atoms with E-state index < -0.39 is 0 Å². The molecule has 0 atom stereocenters. The van der Waals surface area contributed by atoms with Gasteiger partial charge in [0.2, 0.25) is 0 Å². The maximum Gasteiger partial charge on any atom is 0.330 e. The normalized spacial score (nSPS) is 12.1. The van der Waals surface area contributed by atoms with Crippen molar-refractivity contribution in [2.24, 2.45) is 0 Å². The Labute approximate surface area is 184 Å². The number of carbonyl (C=O) groups excluding carboxylic acids is 1. The number of benzene rings is 2. The van der Waals surface area contributed by atoms with Crippen molar-refractivity contribution < 1.29 is 18.8 Å². The van der Waals surface area contributed by atoms with Crippen molar-refractivity contribution in [1.29, 1.82) is 0 Å². The molecule has 0 unspecified atom stereocenters. The van der Waals surface area contributed by atoms with Crippen LogP contribution in [0.5, 0.6) is 5.75 Å². The average Bonchev–Trinajstić information content (AvgIpc) is 3.16. The molecule has 0 N–H and O–H groups in total. The monoisotopic (exact) mass is 421 g/mol. The summed E-state index contributed by atoms with van der Waals surface area (Å²) in [7, 11) is 1.37. The van der Waals surface area contributed by atoms with Crippen LogP contribution in [-0.4, -0.2) is 24.8 Å². The Hall–Kier alpha value is -3.08. The second-order valence-electron chi connectivity index (χ2n) is 8.32. The Morgan fingerprint density at radius 2 is 1.87 bits per heavy atom. The molecule has 0 saturated carbocycles. The van der Waals surface area contributed by atoms with E-state index in [9.17, 15) is 4.79 Å². The Bertz CT molecular complexity index is 1120. The molecule has 0 bridgehead atoms. The summed E-state index contributed by atoms with van der Waals surface area (Å²) in [6.07, 6.45) is 1.48. The number of hydrogen-bond donors (Lipinski definition) is 0. The van der Waals surface area contributed by atoms with Gasteiger partial charge in [-0.1, -0.05) is 45.0 Å². The second-order valence-corrected chi connectivity index (χ2v) is 8.32. The van der Waals surface area contributed by atoms with Crippen molar-refractivity contribution in [3.63, 3.8) is 0 Å². The first-order valence-corrected chi connectivity index (χ1v) is 10.7. The van der Waals surface area contributed by atoms with Gasteiger partial charge in [0.25, 0.3) is 0 Å². The lowest BCUT2D eigenvalue weighted by Crippen LogP contribution is -2.03. The Morgan fingerprint density at radius 3 is 2.48 bits per heavy atom. The highest BCUT2D eigenvalue weighted by Gasteiger charge is 2.22. The van der Waals surface area contributed by atoms with Crippen LogP contribution in [0.4, 0.5) is 0 Å². The maximum absolute atomic E-state index is 11.7. The largest absolute Gasteiger partial charge is 0.493 e. The van der Waals surface area contributed by atoms with Gasteiger partial charge < -0.3 is 14.0 Å². The summed E-state index contributed by atoms with van der Waals surface area (Å²) in [4.78, 5) is 11.7. The smallest absolute Gasteiger partial charge is 0.330 e. The fourth-order valence-corrected chi connectivity index (χ4v) is 3.62. The van der Waals surface area contributed by atoms with Crippen LogP contribution in [0.2, 0.25) is 0 Å². The lowest BCUT2D eigenvalue weighted by Gasteiger charge is -2.20. The van der Waals surface area contributed by atoms with E-state index in [-0.39, 0.29) is 5.97 Å². The fourth-order valence-electron chi connectivity index (χ4n) is 3.62. The topological polar surface area (TPSA) is 61.6 Å². The molecule has 0 amide bonds. The van der Waals surface area contributed by atoms with Crippen molar-refractivity contribution in [3.8, 4) is 17.0 Å². The third kappa shape index (κ3) is 4.66. The molecule has 2 aromatic carbocycles. The minimum atomic E-state index is -0.381. The number of esters is 1. The number of aromatic nitrogens is 1. The highest BCUT2D eigenvalue weighted by Crippen LogP contribution is 2.42.